The molecule has 1 atom stereocenters. The fourth-order valence-electron chi connectivity index (χ4n) is 4.14. The van der Waals surface area contributed by atoms with Gasteiger partial charge in [0, 0.05) is 37.4 Å². The molecule has 0 bridgehead atoms. The summed E-state index contributed by atoms with van der Waals surface area (Å²) in [6, 6.07) is 25.8. The van der Waals surface area contributed by atoms with E-state index in [1.165, 1.54) is 5.69 Å². The number of fused-ring (bicyclic) bond motifs is 1. The van der Waals surface area contributed by atoms with Crippen LogP contribution in [0.25, 0.3) is 22.3 Å². The lowest BCUT2D eigenvalue weighted by Gasteiger charge is -2.37. The van der Waals surface area contributed by atoms with E-state index in [0.717, 1.165) is 35.4 Å². The van der Waals surface area contributed by atoms with Crippen molar-refractivity contribution in [3.8, 4) is 17.0 Å². The van der Waals surface area contributed by atoms with Crippen LogP contribution in [0.4, 0.5) is 5.69 Å². The lowest BCUT2D eigenvalue weighted by molar-refractivity contribution is -0.138. The quantitative estimate of drug-likeness (QED) is 0.462. The predicted octanol–water partition coefficient (Wildman–Crippen LogP) is 4.41. The van der Waals surface area contributed by atoms with Crippen molar-refractivity contribution in [3.63, 3.8) is 0 Å². The molecule has 0 aliphatic carbocycles. The number of benzene rings is 3. The molecule has 5 rings (SSSR count). The van der Waals surface area contributed by atoms with Gasteiger partial charge in [-0.3, -0.25) is 9.78 Å². The lowest BCUT2D eigenvalue weighted by Crippen LogP contribution is -2.52. The highest BCUT2D eigenvalue weighted by molar-refractivity contribution is 5.81. The van der Waals surface area contributed by atoms with Gasteiger partial charge in [0.25, 0.3) is 5.91 Å². The van der Waals surface area contributed by atoms with Crippen LogP contribution in [-0.2, 0) is 4.79 Å². The first-order valence-electron chi connectivity index (χ1n) is 11.2. The number of aromatic nitrogens is 2. The van der Waals surface area contributed by atoms with Crippen LogP contribution < -0.4 is 9.64 Å². The lowest BCUT2D eigenvalue weighted by atomic mass is 10.1. The van der Waals surface area contributed by atoms with Crippen molar-refractivity contribution in [2.45, 2.75) is 13.0 Å². The fraction of sp³-hybridized carbons (Fsp3) is 0.222. The standard InChI is InChI=1S/C27H26N4O2/c1-20(27(32)31-17-15-30(16-18-31)22-7-3-2-4-8-22)33-23-13-11-21(12-14-23)26-19-28-24-9-5-6-10-25(24)29-26/h2-14,19-20H,15-18H2,1H3/t20-/m0/s1. The van der Waals surface area contributed by atoms with Gasteiger partial charge in [0.15, 0.2) is 6.10 Å². The van der Waals surface area contributed by atoms with Gasteiger partial charge in [-0.05, 0) is 55.5 Å². The molecule has 6 heteroatoms. The molecule has 0 radical (unpaired) electrons. The molecule has 0 unspecified atom stereocenters. The van der Waals surface area contributed by atoms with Crippen LogP contribution in [0, 0.1) is 0 Å². The van der Waals surface area contributed by atoms with Crippen LogP contribution in [0.1, 0.15) is 6.92 Å². The number of hydrogen-bond donors (Lipinski definition) is 0. The molecule has 0 N–H and O–H groups in total. The van der Waals surface area contributed by atoms with Gasteiger partial charge in [0.1, 0.15) is 5.75 Å². The predicted molar refractivity (Wildman–Crippen MR) is 130 cm³/mol. The SMILES string of the molecule is C[C@H](Oc1ccc(-c2cnc3ccccc3n2)cc1)C(=O)N1CCN(c2ccccc2)CC1. The zero-order valence-corrected chi connectivity index (χ0v) is 18.6. The molecule has 4 aromatic rings. The molecule has 166 valence electrons. The zero-order chi connectivity index (χ0) is 22.6. The van der Waals surface area contributed by atoms with Gasteiger partial charge in [0.2, 0.25) is 0 Å². The molecular formula is C27H26N4O2. The van der Waals surface area contributed by atoms with Crippen molar-refractivity contribution in [3.05, 3.63) is 85.1 Å². The minimum absolute atomic E-state index is 0.0205. The fourth-order valence-corrected chi connectivity index (χ4v) is 4.14. The van der Waals surface area contributed by atoms with Crippen LogP contribution in [0.3, 0.4) is 0 Å². The second-order valence-electron chi connectivity index (χ2n) is 8.18. The molecule has 33 heavy (non-hydrogen) atoms. The third-order valence-electron chi connectivity index (χ3n) is 5.97. The summed E-state index contributed by atoms with van der Waals surface area (Å²) in [6.07, 6.45) is 1.24. The van der Waals surface area contributed by atoms with E-state index in [2.05, 4.69) is 27.0 Å². The van der Waals surface area contributed by atoms with E-state index in [9.17, 15) is 4.79 Å². The number of nitrogens with zero attached hydrogens (tertiary/aromatic N) is 4. The molecule has 1 aliphatic rings. The number of carbonyl (C=O) groups excluding carboxylic acids is 1. The molecule has 1 aliphatic heterocycles. The summed E-state index contributed by atoms with van der Waals surface area (Å²) in [5.74, 6) is 0.684. The van der Waals surface area contributed by atoms with Crippen molar-refractivity contribution in [1.29, 1.82) is 0 Å². The molecule has 1 fully saturated rings. The second kappa shape index (κ2) is 9.28. The Kier molecular flexibility index (Phi) is 5.89. The second-order valence-corrected chi connectivity index (χ2v) is 8.18. The van der Waals surface area contributed by atoms with E-state index in [0.29, 0.717) is 18.8 Å². The van der Waals surface area contributed by atoms with E-state index in [4.69, 9.17) is 4.74 Å². The van der Waals surface area contributed by atoms with E-state index < -0.39 is 6.10 Å². The first kappa shape index (κ1) is 20.9. The third-order valence-corrected chi connectivity index (χ3v) is 5.97. The number of piperazine rings is 1. The van der Waals surface area contributed by atoms with Gasteiger partial charge in [-0.25, -0.2) is 4.98 Å². The summed E-state index contributed by atoms with van der Waals surface area (Å²) in [5, 5.41) is 0. The number of amides is 1. The molecule has 2 heterocycles. The normalized spacial score (nSPS) is 14.8. The maximum atomic E-state index is 12.9. The van der Waals surface area contributed by atoms with Gasteiger partial charge >= 0.3 is 0 Å². The van der Waals surface area contributed by atoms with E-state index in [-0.39, 0.29) is 5.91 Å². The molecule has 6 nitrogen and oxygen atoms in total. The van der Waals surface area contributed by atoms with Crippen molar-refractivity contribution < 1.29 is 9.53 Å². The van der Waals surface area contributed by atoms with E-state index in [1.807, 2.05) is 78.6 Å². The minimum Gasteiger partial charge on any atom is -0.481 e. The van der Waals surface area contributed by atoms with Gasteiger partial charge in [-0.2, -0.15) is 0 Å². The summed E-state index contributed by atoms with van der Waals surface area (Å²) in [4.78, 5) is 26.3. The van der Waals surface area contributed by atoms with Crippen molar-refractivity contribution in [1.82, 2.24) is 14.9 Å². The molecule has 0 saturated carbocycles. The topological polar surface area (TPSA) is 58.6 Å². The van der Waals surface area contributed by atoms with Crippen molar-refractivity contribution >= 4 is 22.6 Å². The van der Waals surface area contributed by atoms with Crippen molar-refractivity contribution in [2.75, 3.05) is 31.1 Å². The minimum atomic E-state index is -0.542. The third kappa shape index (κ3) is 4.65. The number of ether oxygens (including phenoxy) is 1. The highest BCUT2D eigenvalue weighted by Crippen LogP contribution is 2.23. The molecular weight excluding hydrogens is 412 g/mol. The Bertz CT molecular complexity index is 1240. The molecule has 0 spiro atoms. The van der Waals surface area contributed by atoms with Gasteiger partial charge in [-0.1, -0.05) is 30.3 Å². The summed E-state index contributed by atoms with van der Waals surface area (Å²) >= 11 is 0. The van der Waals surface area contributed by atoms with Crippen molar-refractivity contribution in [2.24, 2.45) is 0 Å². The van der Waals surface area contributed by atoms with Crippen LogP contribution in [0.5, 0.6) is 5.75 Å². The zero-order valence-electron chi connectivity index (χ0n) is 18.6. The summed E-state index contributed by atoms with van der Waals surface area (Å²) < 4.78 is 5.96. The monoisotopic (exact) mass is 438 g/mol. The number of hydrogen-bond acceptors (Lipinski definition) is 5. The average Bonchev–Trinajstić information content (AvgIpc) is 2.89. The Labute approximate surface area is 193 Å². The van der Waals surface area contributed by atoms with E-state index in [1.54, 1.807) is 6.20 Å². The number of carbonyl (C=O) groups is 1. The molecule has 1 aromatic heterocycles. The molecule has 1 saturated heterocycles. The first-order chi connectivity index (χ1) is 16.2. The van der Waals surface area contributed by atoms with Crippen LogP contribution >= 0.6 is 0 Å². The summed E-state index contributed by atoms with van der Waals surface area (Å²) in [7, 11) is 0. The van der Waals surface area contributed by atoms with Gasteiger partial charge < -0.3 is 14.5 Å². The van der Waals surface area contributed by atoms with Gasteiger partial charge in [-0.15, -0.1) is 0 Å². The summed E-state index contributed by atoms with van der Waals surface area (Å²) in [5.41, 5.74) is 4.70. The Morgan fingerprint density at radius 2 is 1.52 bits per heavy atom. The van der Waals surface area contributed by atoms with Gasteiger partial charge in [0.05, 0.1) is 22.9 Å². The van der Waals surface area contributed by atoms with Crippen LogP contribution in [0.2, 0.25) is 0 Å². The Morgan fingerprint density at radius 1 is 0.848 bits per heavy atom. The smallest absolute Gasteiger partial charge is 0.263 e. The first-order valence-corrected chi connectivity index (χ1v) is 11.2. The molecule has 3 aromatic carbocycles. The Hall–Kier alpha value is -3.93. The number of para-hydroxylation sites is 3. The molecule has 1 amide bonds. The highest BCUT2D eigenvalue weighted by atomic mass is 16.5. The van der Waals surface area contributed by atoms with Crippen LogP contribution in [0.15, 0.2) is 85.1 Å². The largest absolute Gasteiger partial charge is 0.481 e. The maximum absolute atomic E-state index is 12.9. The number of rotatable bonds is 5. The Balaban J connectivity index is 1.19. The van der Waals surface area contributed by atoms with E-state index >= 15 is 0 Å². The Morgan fingerprint density at radius 3 is 2.24 bits per heavy atom. The maximum Gasteiger partial charge on any atom is 0.263 e. The summed E-state index contributed by atoms with van der Waals surface area (Å²) in [6.45, 7) is 4.85. The highest BCUT2D eigenvalue weighted by Gasteiger charge is 2.26. The number of anilines is 1. The van der Waals surface area contributed by atoms with Crippen LogP contribution in [-0.4, -0.2) is 53.1 Å². The average molecular weight is 439 g/mol.